The molecule has 3 rings (SSSR count). The molecule has 1 aliphatic heterocycles. The first-order valence-electron chi connectivity index (χ1n) is 8.26. The molecule has 1 aromatic heterocycles. The van der Waals surface area contributed by atoms with Crippen LogP contribution in [-0.2, 0) is 21.2 Å². The molecule has 1 aromatic carbocycles. The summed E-state index contributed by atoms with van der Waals surface area (Å²) in [4.78, 5) is 14.3. The number of carbonyl (C=O) groups is 1. The van der Waals surface area contributed by atoms with Gasteiger partial charge in [-0.05, 0) is 53.0 Å². The summed E-state index contributed by atoms with van der Waals surface area (Å²) >= 11 is 3.24. The summed E-state index contributed by atoms with van der Waals surface area (Å²) < 4.78 is 35.4. The van der Waals surface area contributed by atoms with Gasteiger partial charge in [0, 0.05) is 6.04 Å². The lowest BCUT2D eigenvalue weighted by Crippen LogP contribution is -2.43. The molecule has 2 aromatic rings. The van der Waals surface area contributed by atoms with Gasteiger partial charge in [-0.3, -0.25) is 4.79 Å². The van der Waals surface area contributed by atoms with Gasteiger partial charge in [-0.25, -0.2) is 8.42 Å². The van der Waals surface area contributed by atoms with E-state index < -0.39 is 9.84 Å². The van der Waals surface area contributed by atoms with E-state index in [9.17, 15) is 13.2 Å². The fourth-order valence-electron chi connectivity index (χ4n) is 2.99. The monoisotopic (exact) mass is 441 g/mol. The third-order valence-corrected chi connectivity index (χ3v) is 6.55. The minimum atomic E-state index is -3.11. The maximum Gasteiger partial charge on any atom is 0.261 e. The van der Waals surface area contributed by atoms with Crippen LogP contribution in [0.1, 0.15) is 17.7 Å². The second kappa shape index (κ2) is 7.84. The van der Waals surface area contributed by atoms with E-state index in [2.05, 4.69) is 15.9 Å². The number of ether oxygens (including phenoxy) is 1. The number of hydrogen-bond acceptors (Lipinski definition) is 5. The van der Waals surface area contributed by atoms with Crippen LogP contribution in [0.2, 0.25) is 0 Å². The largest absolute Gasteiger partial charge is 0.484 e. The highest BCUT2D eigenvalue weighted by Gasteiger charge is 2.35. The fraction of sp³-hybridized carbons (Fsp3) is 0.389. The average molecular weight is 442 g/mol. The number of nitrogens with zero attached hydrogens (tertiary/aromatic N) is 1. The summed E-state index contributed by atoms with van der Waals surface area (Å²) in [7, 11) is -3.11. The lowest BCUT2D eigenvalue weighted by Gasteiger charge is -2.27. The van der Waals surface area contributed by atoms with Crippen LogP contribution in [0.3, 0.4) is 0 Å². The number of amides is 1. The Morgan fingerprint density at radius 1 is 1.31 bits per heavy atom. The van der Waals surface area contributed by atoms with Gasteiger partial charge >= 0.3 is 0 Å². The van der Waals surface area contributed by atoms with Gasteiger partial charge in [0.05, 0.1) is 18.1 Å². The molecule has 0 spiro atoms. The van der Waals surface area contributed by atoms with Crippen molar-refractivity contribution in [1.82, 2.24) is 4.90 Å². The highest BCUT2D eigenvalue weighted by Crippen LogP contribution is 2.23. The van der Waals surface area contributed by atoms with Gasteiger partial charge in [-0.1, -0.05) is 18.2 Å². The molecule has 2 heterocycles. The van der Waals surface area contributed by atoms with Crippen molar-refractivity contribution in [1.29, 1.82) is 0 Å². The van der Waals surface area contributed by atoms with Crippen molar-refractivity contribution < 1.29 is 22.4 Å². The van der Waals surface area contributed by atoms with Crippen molar-refractivity contribution in [3.63, 3.8) is 0 Å². The topological polar surface area (TPSA) is 76.8 Å². The number of carbonyl (C=O) groups excluding carboxylic acids is 1. The van der Waals surface area contributed by atoms with E-state index in [1.807, 2.05) is 25.1 Å². The minimum absolute atomic E-state index is 0.0228. The van der Waals surface area contributed by atoms with E-state index >= 15 is 0 Å². The van der Waals surface area contributed by atoms with Crippen LogP contribution >= 0.6 is 15.9 Å². The first-order valence-corrected chi connectivity index (χ1v) is 10.9. The molecule has 0 aliphatic carbocycles. The highest BCUT2D eigenvalue weighted by atomic mass is 79.9. The van der Waals surface area contributed by atoms with Crippen molar-refractivity contribution in [2.24, 2.45) is 0 Å². The van der Waals surface area contributed by atoms with Crippen LogP contribution in [-0.4, -0.2) is 43.4 Å². The van der Waals surface area contributed by atoms with Gasteiger partial charge in [-0.2, -0.15) is 0 Å². The maximum atomic E-state index is 12.8. The number of halogens is 1. The first-order chi connectivity index (χ1) is 12.3. The predicted octanol–water partition coefficient (Wildman–Crippen LogP) is 2.95. The summed E-state index contributed by atoms with van der Waals surface area (Å²) in [5, 5.41) is 0. The molecule has 1 unspecified atom stereocenters. The fourth-order valence-corrected chi connectivity index (χ4v) is 5.06. The van der Waals surface area contributed by atoms with E-state index in [1.54, 1.807) is 23.1 Å². The van der Waals surface area contributed by atoms with E-state index in [4.69, 9.17) is 9.15 Å². The van der Waals surface area contributed by atoms with Crippen LogP contribution in [0.5, 0.6) is 5.75 Å². The second-order valence-corrected chi connectivity index (χ2v) is 9.35. The van der Waals surface area contributed by atoms with Gasteiger partial charge in [0.25, 0.3) is 5.91 Å². The summed E-state index contributed by atoms with van der Waals surface area (Å²) in [6.07, 6.45) is 0.431. The molecular weight excluding hydrogens is 422 g/mol. The summed E-state index contributed by atoms with van der Waals surface area (Å²) in [6.45, 7) is 1.96. The molecule has 0 radical (unpaired) electrons. The van der Waals surface area contributed by atoms with Crippen LogP contribution in [0.4, 0.5) is 0 Å². The first kappa shape index (κ1) is 19.0. The smallest absolute Gasteiger partial charge is 0.261 e. The van der Waals surface area contributed by atoms with Gasteiger partial charge in [0.2, 0.25) is 0 Å². The number of furan rings is 1. The number of aryl methyl sites for hydroxylation is 1. The van der Waals surface area contributed by atoms with Gasteiger partial charge in [-0.15, -0.1) is 0 Å². The molecule has 0 N–H and O–H groups in total. The molecule has 140 valence electrons. The van der Waals surface area contributed by atoms with Crippen molar-refractivity contribution in [3.8, 4) is 5.75 Å². The Labute approximate surface area is 161 Å². The second-order valence-electron chi connectivity index (χ2n) is 6.34. The number of hydrogen-bond donors (Lipinski definition) is 0. The van der Waals surface area contributed by atoms with E-state index in [1.165, 1.54) is 0 Å². The normalized spacial score (nSPS) is 18.6. The molecule has 1 atom stereocenters. The predicted molar refractivity (Wildman–Crippen MR) is 101 cm³/mol. The Morgan fingerprint density at radius 2 is 2.08 bits per heavy atom. The zero-order valence-corrected chi connectivity index (χ0v) is 16.8. The van der Waals surface area contributed by atoms with Crippen molar-refractivity contribution in [3.05, 3.63) is 52.4 Å². The van der Waals surface area contributed by atoms with Gasteiger partial charge in [0.15, 0.2) is 21.1 Å². The third-order valence-electron chi connectivity index (χ3n) is 4.37. The van der Waals surface area contributed by atoms with E-state index in [-0.39, 0.29) is 36.6 Å². The van der Waals surface area contributed by atoms with Crippen molar-refractivity contribution in [2.45, 2.75) is 25.9 Å². The SMILES string of the molecule is Cc1ccccc1OCC(=O)N(Cc1ccc(Br)o1)C1CCS(=O)(=O)C1. The van der Waals surface area contributed by atoms with E-state index in [0.717, 1.165) is 5.56 Å². The molecule has 1 fully saturated rings. The van der Waals surface area contributed by atoms with Crippen LogP contribution in [0.15, 0.2) is 45.5 Å². The standard InChI is InChI=1S/C18H20BrNO5S/c1-13-4-2-3-5-16(13)24-11-18(21)20(10-15-6-7-17(19)25-15)14-8-9-26(22,23)12-14/h2-7,14H,8-12H2,1H3. The summed E-state index contributed by atoms with van der Waals surface area (Å²) in [6, 6.07) is 10.6. The van der Waals surface area contributed by atoms with Crippen LogP contribution < -0.4 is 4.74 Å². The highest BCUT2D eigenvalue weighted by molar-refractivity contribution is 9.10. The van der Waals surface area contributed by atoms with Crippen molar-refractivity contribution >= 4 is 31.7 Å². The average Bonchev–Trinajstić information content (AvgIpc) is 3.16. The summed E-state index contributed by atoms with van der Waals surface area (Å²) in [5.41, 5.74) is 0.935. The molecule has 0 saturated carbocycles. The summed E-state index contributed by atoms with van der Waals surface area (Å²) in [5.74, 6) is 1.04. The van der Waals surface area contributed by atoms with E-state index in [0.29, 0.717) is 22.6 Å². The van der Waals surface area contributed by atoms with Crippen molar-refractivity contribution in [2.75, 3.05) is 18.1 Å². The Hall–Kier alpha value is -1.80. The minimum Gasteiger partial charge on any atom is -0.484 e. The molecule has 26 heavy (non-hydrogen) atoms. The Balaban J connectivity index is 1.73. The zero-order valence-electron chi connectivity index (χ0n) is 14.4. The maximum absolute atomic E-state index is 12.8. The molecule has 1 amide bonds. The number of para-hydroxylation sites is 1. The molecule has 8 heteroatoms. The molecule has 0 bridgehead atoms. The molecule has 6 nitrogen and oxygen atoms in total. The Kier molecular flexibility index (Phi) is 5.72. The number of benzene rings is 1. The quantitative estimate of drug-likeness (QED) is 0.688. The third kappa shape index (κ3) is 4.67. The van der Waals surface area contributed by atoms with Crippen LogP contribution in [0.25, 0.3) is 0 Å². The number of rotatable bonds is 6. The Morgan fingerprint density at radius 3 is 2.69 bits per heavy atom. The lowest BCUT2D eigenvalue weighted by atomic mass is 10.2. The van der Waals surface area contributed by atoms with Gasteiger partial charge in [0.1, 0.15) is 11.5 Å². The van der Waals surface area contributed by atoms with Crippen LogP contribution in [0, 0.1) is 6.92 Å². The lowest BCUT2D eigenvalue weighted by molar-refractivity contribution is -0.136. The van der Waals surface area contributed by atoms with Gasteiger partial charge < -0.3 is 14.1 Å². The zero-order chi connectivity index (χ0) is 18.7. The molecule has 1 saturated heterocycles. The molecule has 1 aliphatic rings. The Bertz CT molecular complexity index is 892. The number of sulfone groups is 1. The molecular formula is C18H20BrNO5S.